The zero-order chi connectivity index (χ0) is 22.3. The smallest absolute Gasteiger partial charge is 0.244 e. The lowest BCUT2D eigenvalue weighted by atomic mass is 10.0. The number of hydrogen-bond donors (Lipinski definition) is 2. The van der Waals surface area contributed by atoms with E-state index in [-0.39, 0.29) is 23.6 Å². The minimum atomic E-state index is -0.772. The number of aryl methyl sites for hydroxylation is 1. The normalized spacial score (nSPS) is 13.9. The van der Waals surface area contributed by atoms with Crippen molar-refractivity contribution in [2.45, 2.75) is 51.2 Å². The molecule has 6 heteroatoms. The van der Waals surface area contributed by atoms with Gasteiger partial charge in [-0.25, -0.2) is 0 Å². The van der Waals surface area contributed by atoms with Gasteiger partial charge in [-0.1, -0.05) is 42.5 Å². The molecule has 0 aliphatic heterocycles. The van der Waals surface area contributed by atoms with E-state index in [9.17, 15) is 14.7 Å². The van der Waals surface area contributed by atoms with Gasteiger partial charge in [0.25, 0.3) is 0 Å². The van der Waals surface area contributed by atoms with E-state index in [0.29, 0.717) is 6.42 Å². The van der Waals surface area contributed by atoms with Gasteiger partial charge in [0.2, 0.25) is 11.8 Å². The summed E-state index contributed by atoms with van der Waals surface area (Å²) in [6.45, 7) is 3.72. The summed E-state index contributed by atoms with van der Waals surface area (Å²) in [5.74, 6) is -0.210. The van der Waals surface area contributed by atoms with Crippen molar-refractivity contribution in [1.82, 2.24) is 9.80 Å². The Morgan fingerprint density at radius 1 is 0.933 bits per heavy atom. The highest BCUT2D eigenvalue weighted by molar-refractivity contribution is 5.89. The monoisotopic (exact) mass is 411 g/mol. The molecule has 0 aromatic heterocycles. The van der Waals surface area contributed by atoms with Crippen LogP contribution < -0.4 is 5.73 Å². The Labute approximate surface area is 179 Å². The summed E-state index contributed by atoms with van der Waals surface area (Å²) in [5.41, 5.74) is 8.32. The first-order valence-corrected chi connectivity index (χ1v) is 10.3. The second-order valence-corrected chi connectivity index (χ2v) is 8.00. The van der Waals surface area contributed by atoms with Gasteiger partial charge in [-0.05, 0) is 56.4 Å². The van der Waals surface area contributed by atoms with E-state index < -0.39 is 12.1 Å². The first-order chi connectivity index (χ1) is 14.2. The van der Waals surface area contributed by atoms with Crippen molar-refractivity contribution < 1.29 is 14.7 Å². The number of nitrogens with two attached hydrogens (primary N) is 1. The summed E-state index contributed by atoms with van der Waals surface area (Å²) in [6.07, 6.45) is 1.87. The Bertz CT molecular complexity index is 821. The highest BCUT2D eigenvalue weighted by Gasteiger charge is 2.33. The molecule has 2 aromatic carbocycles. The molecule has 162 valence electrons. The van der Waals surface area contributed by atoms with E-state index in [2.05, 4.69) is 12.1 Å². The Hall–Kier alpha value is -2.86. The van der Waals surface area contributed by atoms with E-state index in [1.807, 2.05) is 25.1 Å². The molecule has 0 spiro atoms. The summed E-state index contributed by atoms with van der Waals surface area (Å²) >= 11 is 0. The highest BCUT2D eigenvalue weighted by Crippen LogP contribution is 2.18. The number of nitrogens with zero attached hydrogens (tertiary/aromatic N) is 2. The van der Waals surface area contributed by atoms with Crippen molar-refractivity contribution in [2.75, 3.05) is 14.1 Å². The van der Waals surface area contributed by atoms with Crippen LogP contribution in [0.3, 0.4) is 0 Å². The molecule has 3 N–H and O–H groups in total. The van der Waals surface area contributed by atoms with Crippen molar-refractivity contribution in [3.8, 4) is 5.75 Å². The van der Waals surface area contributed by atoms with Gasteiger partial charge in [-0.15, -0.1) is 0 Å². The predicted molar refractivity (Wildman–Crippen MR) is 119 cm³/mol. The van der Waals surface area contributed by atoms with Crippen molar-refractivity contribution in [2.24, 2.45) is 5.73 Å². The summed E-state index contributed by atoms with van der Waals surface area (Å²) in [5, 5.41) is 9.45. The Balaban J connectivity index is 2.16. The largest absolute Gasteiger partial charge is 0.508 e. The Kier molecular flexibility index (Phi) is 8.42. The van der Waals surface area contributed by atoms with Gasteiger partial charge in [0, 0.05) is 20.1 Å². The molecule has 2 aromatic rings. The molecule has 2 amide bonds. The third-order valence-corrected chi connectivity index (χ3v) is 5.35. The molecule has 3 atom stereocenters. The first-order valence-electron chi connectivity index (χ1n) is 10.3. The fraction of sp³-hybridized carbons (Fsp3) is 0.417. The maximum absolute atomic E-state index is 13.3. The van der Waals surface area contributed by atoms with Crippen molar-refractivity contribution in [3.63, 3.8) is 0 Å². The molecule has 0 radical (unpaired) electrons. The zero-order valence-electron chi connectivity index (χ0n) is 18.3. The maximum atomic E-state index is 13.3. The van der Waals surface area contributed by atoms with Crippen LogP contribution in [0.2, 0.25) is 0 Å². The van der Waals surface area contributed by atoms with E-state index in [4.69, 9.17) is 5.73 Å². The summed E-state index contributed by atoms with van der Waals surface area (Å²) in [7, 11) is 3.37. The zero-order valence-corrected chi connectivity index (χ0v) is 18.3. The SMILES string of the molecule is CC(CCc1ccccc1)N(C(=O)C(N)Cc1ccc(O)cc1)[C@H](C)C(=O)N(C)C. The number of carbonyl (C=O) groups excluding carboxylic acids is 2. The number of rotatable bonds is 9. The molecular formula is C24H33N3O3. The molecule has 0 heterocycles. The lowest BCUT2D eigenvalue weighted by Gasteiger charge is -2.37. The van der Waals surface area contributed by atoms with Crippen LogP contribution in [0.15, 0.2) is 54.6 Å². The van der Waals surface area contributed by atoms with Gasteiger partial charge in [0.05, 0.1) is 6.04 Å². The van der Waals surface area contributed by atoms with Gasteiger partial charge >= 0.3 is 0 Å². The van der Waals surface area contributed by atoms with E-state index >= 15 is 0 Å². The first kappa shape index (κ1) is 23.4. The van der Waals surface area contributed by atoms with Crippen LogP contribution in [-0.2, 0) is 22.4 Å². The van der Waals surface area contributed by atoms with Gasteiger partial charge < -0.3 is 20.6 Å². The third-order valence-electron chi connectivity index (χ3n) is 5.35. The molecule has 0 fully saturated rings. The molecule has 0 saturated carbocycles. The molecule has 0 aliphatic carbocycles. The number of phenols is 1. The fourth-order valence-electron chi connectivity index (χ4n) is 3.61. The molecule has 6 nitrogen and oxygen atoms in total. The molecule has 0 saturated heterocycles. The predicted octanol–water partition coefficient (Wildman–Crippen LogP) is 2.59. The number of likely N-dealkylation sites (N-methyl/N-ethyl adjacent to an activating group) is 1. The van der Waals surface area contributed by atoms with Gasteiger partial charge in [-0.2, -0.15) is 0 Å². The van der Waals surface area contributed by atoms with Crippen molar-refractivity contribution in [3.05, 3.63) is 65.7 Å². The third kappa shape index (κ3) is 6.32. The average molecular weight is 412 g/mol. The number of carbonyl (C=O) groups is 2. The number of amides is 2. The molecule has 0 aliphatic rings. The summed E-state index contributed by atoms with van der Waals surface area (Å²) in [4.78, 5) is 29.1. The van der Waals surface area contributed by atoms with Crippen LogP contribution >= 0.6 is 0 Å². The van der Waals surface area contributed by atoms with Crippen LogP contribution in [0.4, 0.5) is 0 Å². The van der Waals surface area contributed by atoms with Gasteiger partial charge in [0.1, 0.15) is 11.8 Å². The minimum Gasteiger partial charge on any atom is -0.508 e. The quantitative estimate of drug-likeness (QED) is 0.664. The maximum Gasteiger partial charge on any atom is 0.244 e. The van der Waals surface area contributed by atoms with E-state index in [1.54, 1.807) is 50.2 Å². The fourth-order valence-corrected chi connectivity index (χ4v) is 3.61. The van der Waals surface area contributed by atoms with Crippen LogP contribution in [0.25, 0.3) is 0 Å². The van der Waals surface area contributed by atoms with Gasteiger partial charge in [0.15, 0.2) is 0 Å². The van der Waals surface area contributed by atoms with Crippen LogP contribution in [0.5, 0.6) is 5.75 Å². The number of benzene rings is 2. The van der Waals surface area contributed by atoms with Crippen molar-refractivity contribution in [1.29, 1.82) is 0 Å². The number of aromatic hydroxyl groups is 1. The average Bonchev–Trinajstić information content (AvgIpc) is 2.73. The summed E-state index contributed by atoms with van der Waals surface area (Å²) < 4.78 is 0. The van der Waals surface area contributed by atoms with Crippen LogP contribution in [-0.4, -0.2) is 58.9 Å². The molecule has 2 rings (SSSR count). The number of hydrogen-bond acceptors (Lipinski definition) is 4. The topological polar surface area (TPSA) is 86.9 Å². The molecule has 2 unspecified atom stereocenters. The second-order valence-electron chi connectivity index (χ2n) is 8.00. The minimum absolute atomic E-state index is 0.133. The van der Waals surface area contributed by atoms with E-state index in [1.165, 1.54) is 10.5 Å². The standard InChI is InChI=1S/C24H33N3O3/c1-17(10-11-19-8-6-5-7-9-19)27(18(2)23(29)26(3)4)24(30)22(25)16-20-12-14-21(28)15-13-20/h5-9,12-15,17-18,22,28H,10-11,16,25H2,1-4H3/t17?,18-,22?/m1/s1. The van der Waals surface area contributed by atoms with Crippen LogP contribution in [0.1, 0.15) is 31.4 Å². The lowest BCUT2D eigenvalue weighted by Crippen LogP contribution is -2.56. The van der Waals surface area contributed by atoms with E-state index in [0.717, 1.165) is 18.4 Å². The lowest BCUT2D eigenvalue weighted by molar-refractivity contribution is -0.146. The molecule has 30 heavy (non-hydrogen) atoms. The van der Waals surface area contributed by atoms with Crippen LogP contribution in [0, 0.1) is 0 Å². The second kappa shape index (κ2) is 10.8. The Morgan fingerprint density at radius 2 is 1.53 bits per heavy atom. The van der Waals surface area contributed by atoms with Gasteiger partial charge in [-0.3, -0.25) is 9.59 Å². The van der Waals surface area contributed by atoms with Crippen molar-refractivity contribution >= 4 is 11.8 Å². The molecular weight excluding hydrogens is 378 g/mol. The highest BCUT2D eigenvalue weighted by atomic mass is 16.3. The Morgan fingerprint density at radius 3 is 2.10 bits per heavy atom. The molecule has 0 bridgehead atoms. The number of phenolic OH excluding ortho intramolecular Hbond substituents is 1. The summed E-state index contributed by atoms with van der Waals surface area (Å²) in [6, 6.07) is 15.2.